The Hall–Kier alpha value is -4.41. The average Bonchev–Trinajstić information content (AvgIpc) is 3.72. The fraction of sp³-hybridized carbons (Fsp3) is 0.457. The standard InChI is InChI=1S/C35H35F4N7O2/c1-4-19-6-5-7-20-12-21(40)13-23(25(19)20)28-27(36)29-26-31(46-14-22-8-9-24(41-22)30(46)18(2)48-32(26)42-28)44-33(43-29)47-17-34(10-11-34)15-45(3)16-35(37,38)39/h1,5-7,12-13,18,22,24,30,41H,8-11,14-17,40H2,2-3H3/t18-,22+,24-,30+/m0/s1. The number of nitrogens with two attached hydrogens (primary N) is 1. The molecule has 8 rings (SSSR count). The van der Waals surface area contributed by atoms with E-state index < -0.39 is 24.0 Å². The fourth-order valence-electron chi connectivity index (χ4n) is 7.97. The molecule has 0 radical (unpaired) electrons. The maximum absolute atomic E-state index is 17.1. The Kier molecular flexibility index (Phi) is 7.12. The van der Waals surface area contributed by atoms with Crippen LogP contribution in [-0.4, -0.2) is 83.5 Å². The SMILES string of the molecule is C#Cc1cccc2cc(N)cc(-c3nc4c5c(nc(OCC6(CN(C)CC(F)(F)F)CC6)nc5c3F)N3C[C@H]5CC[C@H](N5)[C@H]3[C@H](C)O4)c12. The van der Waals surface area contributed by atoms with Crippen LogP contribution in [-0.2, 0) is 0 Å². The second kappa shape index (κ2) is 11.1. The average molecular weight is 662 g/mol. The molecule has 2 aromatic heterocycles. The molecule has 2 bridgehead atoms. The van der Waals surface area contributed by atoms with Gasteiger partial charge in [0.05, 0.1) is 19.2 Å². The van der Waals surface area contributed by atoms with Crippen LogP contribution >= 0.6 is 0 Å². The summed E-state index contributed by atoms with van der Waals surface area (Å²) in [6.45, 7) is 1.89. The van der Waals surface area contributed by atoms with E-state index in [4.69, 9.17) is 31.6 Å². The van der Waals surface area contributed by atoms with Crippen molar-refractivity contribution in [2.24, 2.45) is 5.41 Å². The number of hydrogen-bond acceptors (Lipinski definition) is 9. The van der Waals surface area contributed by atoms with Crippen molar-refractivity contribution in [2.45, 2.75) is 63.0 Å². The van der Waals surface area contributed by atoms with E-state index in [2.05, 4.69) is 21.1 Å². The van der Waals surface area contributed by atoms with Crippen molar-refractivity contribution in [3.05, 3.63) is 41.7 Å². The quantitative estimate of drug-likeness (QED) is 0.156. The van der Waals surface area contributed by atoms with E-state index in [9.17, 15) is 13.2 Å². The van der Waals surface area contributed by atoms with E-state index >= 15 is 4.39 Å². The number of pyridine rings is 1. The van der Waals surface area contributed by atoms with E-state index in [1.54, 1.807) is 18.2 Å². The minimum absolute atomic E-state index is 0.0211. The number of ether oxygens (including phenoxy) is 2. The number of nitrogen functional groups attached to an aromatic ring is 1. The van der Waals surface area contributed by atoms with Crippen molar-refractivity contribution < 1.29 is 27.0 Å². The largest absolute Gasteiger partial charge is 0.472 e. The lowest BCUT2D eigenvalue weighted by molar-refractivity contribution is -0.144. The molecule has 9 nitrogen and oxygen atoms in total. The zero-order chi connectivity index (χ0) is 33.5. The Balaban J connectivity index is 1.27. The van der Waals surface area contributed by atoms with Gasteiger partial charge < -0.3 is 25.4 Å². The van der Waals surface area contributed by atoms with Gasteiger partial charge in [-0.1, -0.05) is 18.1 Å². The van der Waals surface area contributed by atoms with Crippen LogP contribution in [0.5, 0.6) is 11.9 Å². The summed E-state index contributed by atoms with van der Waals surface area (Å²) in [7, 11) is 1.45. The molecule has 1 aliphatic carbocycles. The van der Waals surface area contributed by atoms with Gasteiger partial charge in [-0.15, -0.1) is 6.42 Å². The highest BCUT2D eigenvalue weighted by Crippen LogP contribution is 2.48. The summed E-state index contributed by atoms with van der Waals surface area (Å²) in [4.78, 5) is 17.7. The van der Waals surface area contributed by atoms with Crippen molar-refractivity contribution in [1.82, 2.24) is 25.2 Å². The molecule has 4 aromatic rings. The number of rotatable bonds is 7. The van der Waals surface area contributed by atoms with Gasteiger partial charge in [-0.3, -0.25) is 4.90 Å². The van der Waals surface area contributed by atoms with Crippen LogP contribution in [0.25, 0.3) is 32.9 Å². The molecule has 0 spiro atoms. The third-order valence-electron chi connectivity index (χ3n) is 10.2. The van der Waals surface area contributed by atoms with Crippen LogP contribution in [0.15, 0.2) is 30.3 Å². The Morgan fingerprint density at radius 3 is 2.75 bits per heavy atom. The molecule has 3 fully saturated rings. The number of piperazine rings is 1. The molecular weight excluding hydrogens is 626 g/mol. The highest BCUT2D eigenvalue weighted by molar-refractivity contribution is 6.04. The van der Waals surface area contributed by atoms with Crippen molar-refractivity contribution in [2.75, 3.05) is 43.9 Å². The summed E-state index contributed by atoms with van der Waals surface area (Å²) >= 11 is 0. The van der Waals surface area contributed by atoms with Gasteiger partial charge in [0.15, 0.2) is 5.82 Å². The molecule has 4 atom stereocenters. The molecule has 13 heteroatoms. The summed E-state index contributed by atoms with van der Waals surface area (Å²) in [5.74, 6) is 2.65. The smallest absolute Gasteiger partial charge is 0.401 e. The first-order valence-corrected chi connectivity index (χ1v) is 16.2. The molecule has 4 aliphatic rings. The molecule has 48 heavy (non-hydrogen) atoms. The number of benzene rings is 2. The summed E-state index contributed by atoms with van der Waals surface area (Å²) < 4.78 is 69.0. The van der Waals surface area contributed by atoms with E-state index in [0.29, 0.717) is 52.8 Å². The molecule has 2 aromatic carbocycles. The topological polar surface area (TPSA) is 102 Å². The van der Waals surface area contributed by atoms with Crippen LogP contribution in [0.4, 0.5) is 29.1 Å². The normalized spacial score (nSPS) is 23.9. The number of nitrogens with one attached hydrogen (secondary N) is 1. The minimum Gasteiger partial charge on any atom is -0.472 e. The third-order valence-corrected chi connectivity index (χ3v) is 10.2. The highest BCUT2D eigenvalue weighted by atomic mass is 19.4. The van der Waals surface area contributed by atoms with Gasteiger partial charge in [-0.25, -0.2) is 9.37 Å². The van der Waals surface area contributed by atoms with Crippen molar-refractivity contribution in [3.8, 4) is 35.5 Å². The van der Waals surface area contributed by atoms with Crippen molar-refractivity contribution in [3.63, 3.8) is 0 Å². The van der Waals surface area contributed by atoms with Crippen LogP contribution in [0.2, 0.25) is 0 Å². The maximum atomic E-state index is 17.1. The number of halogens is 4. The van der Waals surface area contributed by atoms with Crippen LogP contribution in [0.1, 0.15) is 38.2 Å². The maximum Gasteiger partial charge on any atom is 0.401 e. The first-order valence-electron chi connectivity index (χ1n) is 16.2. The van der Waals surface area contributed by atoms with Gasteiger partial charge in [-0.05, 0) is 63.2 Å². The van der Waals surface area contributed by atoms with Gasteiger partial charge >= 0.3 is 12.2 Å². The molecular formula is C35H35F4N7O2. The van der Waals surface area contributed by atoms with Gasteiger partial charge in [0.1, 0.15) is 28.5 Å². The predicted octanol–water partition coefficient (Wildman–Crippen LogP) is 5.29. The number of nitrogens with zero attached hydrogens (tertiary/aromatic N) is 5. The van der Waals surface area contributed by atoms with Crippen molar-refractivity contribution >= 4 is 33.2 Å². The lowest BCUT2D eigenvalue weighted by atomic mass is 9.96. The summed E-state index contributed by atoms with van der Waals surface area (Å²) in [6.07, 6.45) is 4.60. The van der Waals surface area contributed by atoms with Crippen LogP contribution in [0.3, 0.4) is 0 Å². The second-order valence-electron chi connectivity index (χ2n) is 13.8. The number of terminal acetylenes is 1. The van der Waals surface area contributed by atoms with Crippen LogP contribution < -0.4 is 25.4 Å². The monoisotopic (exact) mass is 661 g/mol. The van der Waals surface area contributed by atoms with E-state index in [-0.39, 0.29) is 60.5 Å². The lowest BCUT2D eigenvalue weighted by Crippen LogP contribution is -2.62. The number of hydrogen-bond donors (Lipinski definition) is 2. The van der Waals surface area contributed by atoms with E-state index in [0.717, 1.165) is 18.2 Å². The predicted molar refractivity (Wildman–Crippen MR) is 174 cm³/mol. The van der Waals surface area contributed by atoms with E-state index in [1.165, 1.54) is 11.9 Å². The number of alkyl halides is 3. The van der Waals surface area contributed by atoms with E-state index in [1.807, 2.05) is 19.1 Å². The Morgan fingerprint density at radius 1 is 1.19 bits per heavy atom. The van der Waals surface area contributed by atoms with Gasteiger partial charge in [-0.2, -0.15) is 23.1 Å². The molecule has 0 amide bonds. The zero-order valence-corrected chi connectivity index (χ0v) is 26.6. The first-order chi connectivity index (χ1) is 22.9. The molecule has 250 valence electrons. The molecule has 3 aliphatic heterocycles. The van der Waals surface area contributed by atoms with Crippen LogP contribution in [0, 0.1) is 23.6 Å². The fourth-order valence-corrected chi connectivity index (χ4v) is 7.97. The molecule has 5 heterocycles. The Labute approximate surface area is 274 Å². The molecule has 0 unspecified atom stereocenters. The molecule has 3 N–H and O–H groups in total. The van der Waals surface area contributed by atoms with Gasteiger partial charge in [0.25, 0.3) is 0 Å². The molecule has 1 saturated carbocycles. The Morgan fingerprint density at radius 2 is 2.00 bits per heavy atom. The second-order valence-corrected chi connectivity index (χ2v) is 13.8. The Bertz CT molecular complexity index is 1990. The molecule has 2 saturated heterocycles. The van der Waals surface area contributed by atoms with Crippen molar-refractivity contribution in [1.29, 1.82) is 0 Å². The minimum atomic E-state index is -4.30. The summed E-state index contributed by atoms with van der Waals surface area (Å²) in [5, 5.41) is 5.39. The highest BCUT2D eigenvalue weighted by Gasteiger charge is 2.48. The lowest BCUT2D eigenvalue weighted by Gasteiger charge is -2.42. The summed E-state index contributed by atoms with van der Waals surface area (Å²) in [5.41, 5.74) is 7.15. The van der Waals surface area contributed by atoms with Gasteiger partial charge in [0, 0.05) is 52.8 Å². The number of anilines is 2. The number of aromatic nitrogens is 3. The number of fused-ring (bicyclic) bond motifs is 6. The summed E-state index contributed by atoms with van der Waals surface area (Å²) in [6, 6.07) is 9.06. The van der Waals surface area contributed by atoms with Gasteiger partial charge in [0.2, 0.25) is 5.88 Å². The first kappa shape index (κ1) is 30.9. The third kappa shape index (κ3) is 5.31. The zero-order valence-electron chi connectivity index (χ0n) is 26.6.